The van der Waals surface area contributed by atoms with Crippen molar-refractivity contribution in [2.24, 2.45) is 11.7 Å². The molecule has 0 spiro atoms. The van der Waals surface area contributed by atoms with Crippen LogP contribution >= 0.6 is 0 Å². The van der Waals surface area contributed by atoms with E-state index in [-0.39, 0.29) is 30.4 Å². The van der Waals surface area contributed by atoms with Crippen LogP contribution in [0.15, 0.2) is 24.3 Å². The molecule has 2 amide bonds. The lowest BCUT2D eigenvalue weighted by Gasteiger charge is -2.38. The summed E-state index contributed by atoms with van der Waals surface area (Å²) in [4.78, 5) is 31.3. The fourth-order valence-corrected chi connectivity index (χ4v) is 5.95. The summed E-state index contributed by atoms with van der Waals surface area (Å²) in [6.07, 6.45) is -2.25. The highest BCUT2D eigenvalue weighted by Gasteiger charge is 2.56. The van der Waals surface area contributed by atoms with Crippen molar-refractivity contribution >= 4 is 11.8 Å². The van der Waals surface area contributed by atoms with E-state index >= 15 is 0 Å². The SMILES string of the molecule is C[C@@H](c1cccc(C(F)(F)F)c1)N1C(=O)C2CC1CN2CC(N)C(=O)N1C(C#N)C[C@@H]2CC21. The Morgan fingerprint density at radius 3 is 2.73 bits per heavy atom. The molecule has 1 aromatic carbocycles. The van der Waals surface area contributed by atoms with E-state index in [1.807, 2.05) is 4.90 Å². The van der Waals surface area contributed by atoms with E-state index in [1.165, 1.54) is 6.07 Å². The molecule has 1 aliphatic carbocycles. The highest BCUT2D eigenvalue weighted by Crippen LogP contribution is 2.48. The molecule has 4 fully saturated rings. The summed E-state index contributed by atoms with van der Waals surface area (Å²) in [6, 6.07) is 5.11. The number of benzene rings is 1. The van der Waals surface area contributed by atoms with Gasteiger partial charge in [0.1, 0.15) is 6.04 Å². The monoisotopic (exact) mass is 461 g/mol. The van der Waals surface area contributed by atoms with E-state index in [9.17, 15) is 28.0 Å². The van der Waals surface area contributed by atoms with Crippen molar-refractivity contribution < 1.29 is 22.8 Å². The first-order chi connectivity index (χ1) is 15.6. The molecule has 176 valence electrons. The van der Waals surface area contributed by atoms with Crippen molar-refractivity contribution in [2.75, 3.05) is 13.1 Å². The lowest BCUT2D eigenvalue weighted by Crippen LogP contribution is -2.57. The molecule has 2 N–H and O–H groups in total. The highest BCUT2D eigenvalue weighted by molar-refractivity contribution is 5.87. The Labute approximate surface area is 189 Å². The van der Waals surface area contributed by atoms with Gasteiger partial charge in [-0.1, -0.05) is 12.1 Å². The van der Waals surface area contributed by atoms with Crippen molar-refractivity contribution in [1.82, 2.24) is 14.7 Å². The smallest absolute Gasteiger partial charge is 0.330 e. The fraction of sp³-hybridized carbons (Fsp3) is 0.609. The van der Waals surface area contributed by atoms with Gasteiger partial charge in [-0.15, -0.1) is 0 Å². The number of rotatable bonds is 5. The molecule has 33 heavy (non-hydrogen) atoms. The van der Waals surface area contributed by atoms with Crippen LogP contribution in [0.1, 0.15) is 43.4 Å². The van der Waals surface area contributed by atoms with Crippen LogP contribution in [0.3, 0.4) is 0 Å². The van der Waals surface area contributed by atoms with Gasteiger partial charge in [-0.3, -0.25) is 14.5 Å². The number of likely N-dealkylation sites (tertiary alicyclic amines) is 3. The van der Waals surface area contributed by atoms with E-state index in [1.54, 1.807) is 22.8 Å². The summed E-state index contributed by atoms with van der Waals surface area (Å²) >= 11 is 0. The van der Waals surface area contributed by atoms with Crippen LogP contribution in [0.5, 0.6) is 0 Å². The van der Waals surface area contributed by atoms with Gasteiger partial charge < -0.3 is 15.5 Å². The highest BCUT2D eigenvalue weighted by atomic mass is 19.4. The number of piperidine rings is 1. The zero-order valence-electron chi connectivity index (χ0n) is 18.2. The summed E-state index contributed by atoms with van der Waals surface area (Å²) in [7, 11) is 0. The van der Waals surface area contributed by atoms with Crippen molar-refractivity contribution in [3.8, 4) is 6.07 Å². The van der Waals surface area contributed by atoms with Gasteiger partial charge in [-0.25, -0.2) is 0 Å². The molecule has 7 nitrogen and oxygen atoms in total. The standard InChI is InChI=1S/C23H26F3N5O2/c1-12(13-3-2-4-15(5-13)23(24,25)26)30-17-8-20(22(30)33)29(10-17)11-18(28)21(32)31-16(9-27)6-14-7-19(14)31/h2-5,12,14,16-20H,6-8,10-11,28H2,1H3/t12-,14+,16?,17?,18?,19?,20?/m0/s1. The molecule has 4 aliphatic rings. The Morgan fingerprint density at radius 1 is 1.30 bits per heavy atom. The number of halogens is 3. The Morgan fingerprint density at radius 2 is 2.06 bits per heavy atom. The van der Waals surface area contributed by atoms with E-state index in [2.05, 4.69) is 6.07 Å². The molecular weight excluding hydrogens is 435 g/mol. The number of fused-ring (bicyclic) bond motifs is 3. The van der Waals surface area contributed by atoms with E-state index in [4.69, 9.17) is 5.73 Å². The third-order valence-corrected chi connectivity index (χ3v) is 7.68. The molecule has 5 rings (SSSR count). The lowest BCUT2D eigenvalue weighted by molar-refractivity contribution is -0.141. The number of nitrogens with two attached hydrogens (primary N) is 1. The molecular formula is C23H26F3N5O2. The minimum Gasteiger partial charge on any atom is -0.330 e. The first-order valence-corrected chi connectivity index (χ1v) is 11.3. The second-order valence-corrected chi connectivity index (χ2v) is 9.70. The summed E-state index contributed by atoms with van der Waals surface area (Å²) in [5.41, 5.74) is 5.93. The van der Waals surface area contributed by atoms with Crippen LogP contribution < -0.4 is 5.73 Å². The Hall–Kier alpha value is -2.64. The van der Waals surface area contributed by atoms with Crippen LogP contribution in [0.4, 0.5) is 13.2 Å². The maximum Gasteiger partial charge on any atom is 0.416 e. The number of amides is 2. The van der Waals surface area contributed by atoms with E-state index in [0.29, 0.717) is 30.9 Å². The third-order valence-electron chi connectivity index (χ3n) is 7.68. The second-order valence-electron chi connectivity index (χ2n) is 9.70. The quantitative estimate of drug-likeness (QED) is 0.723. The van der Waals surface area contributed by atoms with Crippen LogP contribution in [-0.2, 0) is 15.8 Å². The summed E-state index contributed by atoms with van der Waals surface area (Å²) in [6.45, 7) is 2.49. The number of hydrogen-bond acceptors (Lipinski definition) is 5. The van der Waals surface area contributed by atoms with Crippen molar-refractivity contribution in [3.63, 3.8) is 0 Å². The second kappa shape index (κ2) is 7.71. The first kappa shape index (κ1) is 22.2. The molecule has 2 bridgehead atoms. The molecule has 0 aromatic heterocycles. The zero-order valence-corrected chi connectivity index (χ0v) is 18.2. The van der Waals surface area contributed by atoms with Gasteiger partial charge in [0.2, 0.25) is 11.8 Å². The molecule has 0 radical (unpaired) electrons. The van der Waals surface area contributed by atoms with Gasteiger partial charge in [0.05, 0.1) is 29.8 Å². The molecule has 7 atom stereocenters. The zero-order chi connectivity index (χ0) is 23.7. The molecule has 3 heterocycles. The predicted molar refractivity (Wildman–Crippen MR) is 111 cm³/mol. The van der Waals surface area contributed by atoms with Gasteiger partial charge >= 0.3 is 6.18 Å². The molecule has 1 aromatic rings. The van der Waals surface area contributed by atoms with Gasteiger partial charge in [-0.2, -0.15) is 18.4 Å². The van der Waals surface area contributed by atoms with Crippen molar-refractivity contribution in [1.29, 1.82) is 5.26 Å². The van der Waals surface area contributed by atoms with Gasteiger partial charge in [-0.05, 0) is 49.8 Å². The number of nitriles is 1. The Balaban J connectivity index is 1.24. The van der Waals surface area contributed by atoms with Crippen LogP contribution in [0.25, 0.3) is 0 Å². The molecule has 3 saturated heterocycles. The Bertz CT molecular complexity index is 1020. The van der Waals surface area contributed by atoms with Crippen molar-refractivity contribution in [3.05, 3.63) is 35.4 Å². The molecule has 5 unspecified atom stereocenters. The van der Waals surface area contributed by atoms with Gasteiger partial charge in [0, 0.05) is 25.2 Å². The third kappa shape index (κ3) is 3.67. The number of alkyl halides is 3. The average molecular weight is 461 g/mol. The minimum absolute atomic E-state index is 0.119. The summed E-state index contributed by atoms with van der Waals surface area (Å²) < 4.78 is 39.3. The normalized spacial score (nSPS) is 32.6. The molecule has 10 heteroatoms. The maximum absolute atomic E-state index is 13.1. The van der Waals surface area contributed by atoms with E-state index < -0.39 is 35.9 Å². The van der Waals surface area contributed by atoms with Crippen LogP contribution in [0, 0.1) is 17.2 Å². The van der Waals surface area contributed by atoms with Crippen LogP contribution in [-0.4, -0.2) is 69.8 Å². The summed E-state index contributed by atoms with van der Waals surface area (Å²) in [5.74, 6) is 0.0196. The first-order valence-electron chi connectivity index (χ1n) is 11.3. The van der Waals surface area contributed by atoms with Gasteiger partial charge in [0.15, 0.2) is 0 Å². The number of piperazine rings is 1. The maximum atomic E-state index is 13.1. The minimum atomic E-state index is -4.44. The number of nitrogens with zero attached hydrogens (tertiary/aromatic N) is 4. The number of carbonyl (C=O) groups is 2. The summed E-state index contributed by atoms with van der Waals surface area (Å²) in [5, 5.41) is 9.34. The number of hydrogen-bond donors (Lipinski definition) is 1. The lowest BCUT2D eigenvalue weighted by atomic mass is 10.0. The Kier molecular flexibility index (Phi) is 5.18. The molecule has 1 saturated carbocycles. The van der Waals surface area contributed by atoms with Gasteiger partial charge in [0.25, 0.3) is 0 Å². The fourth-order valence-electron chi connectivity index (χ4n) is 5.95. The number of carbonyl (C=O) groups excluding carboxylic acids is 2. The average Bonchev–Trinajstić information content (AvgIpc) is 3.11. The van der Waals surface area contributed by atoms with Crippen LogP contribution in [0.2, 0.25) is 0 Å². The predicted octanol–water partition coefficient (Wildman–Crippen LogP) is 1.89. The topological polar surface area (TPSA) is 93.7 Å². The largest absolute Gasteiger partial charge is 0.416 e. The molecule has 3 aliphatic heterocycles. The van der Waals surface area contributed by atoms with E-state index in [0.717, 1.165) is 18.6 Å². The van der Waals surface area contributed by atoms with Crippen molar-refractivity contribution in [2.45, 2.75) is 68.6 Å².